The Morgan fingerprint density at radius 2 is 2.00 bits per heavy atom. The first kappa shape index (κ1) is 13.1. The van der Waals surface area contributed by atoms with Crippen molar-refractivity contribution in [3.05, 3.63) is 11.8 Å². The molecule has 19 heavy (non-hydrogen) atoms. The highest BCUT2D eigenvalue weighted by atomic mass is 16.5. The van der Waals surface area contributed by atoms with Crippen molar-refractivity contribution < 1.29 is 9.47 Å². The van der Waals surface area contributed by atoms with Crippen LogP contribution in [-0.4, -0.2) is 38.4 Å². The van der Waals surface area contributed by atoms with Crippen LogP contribution in [0.4, 0.5) is 5.95 Å². The summed E-state index contributed by atoms with van der Waals surface area (Å²) in [4.78, 5) is 12.2. The zero-order valence-electron chi connectivity index (χ0n) is 11.3. The molecule has 0 amide bonds. The second-order valence-electron chi connectivity index (χ2n) is 3.76. The van der Waals surface area contributed by atoms with Crippen molar-refractivity contribution >= 4 is 5.95 Å². The summed E-state index contributed by atoms with van der Waals surface area (Å²) >= 11 is 0. The van der Waals surface area contributed by atoms with E-state index in [1.165, 1.54) is 0 Å². The highest BCUT2D eigenvalue weighted by Crippen LogP contribution is 2.20. The van der Waals surface area contributed by atoms with Gasteiger partial charge in [0.2, 0.25) is 11.8 Å². The van der Waals surface area contributed by atoms with E-state index in [1.54, 1.807) is 24.8 Å². The van der Waals surface area contributed by atoms with Gasteiger partial charge in [0.05, 0.1) is 12.3 Å². The summed E-state index contributed by atoms with van der Waals surface area (Å²) in [6.07, 6.45) is 0. The number of ether oxygens (including phenoxy) is 2. The third-order valence-corrected chi connectivity index (χ3v) is 2.25. The fraction of sp³-hybridized carbons (Fsp3) is 0.455. The summed E-state index contributed by atoms with van der Waals surface area (Å²) < 4.78 is 12.4. The Balaban J connectivity index is 2.28. The van der Waals surface area contributed by atoms with Crippen molar-refractivity contribution in [3.63, 3.8) is 0 Å². The van der Waals surface area contributed by atoms with Crippen LogP contribution in [0.5, 0.6) is 17.9 Å². The van der Waals surface area contributed by atoms with E-state index in [1.807, 2.05) is 13.8 Å². The topological polar surface area (TPSA) is 87.0 Å². The second-order valence-corrected chi connectivity index (χ2v) is 3.76. The maximum Gasteiger partial charge on any atom is 0.331 e. The molecule has 2 aromatic rings. The lowest BCUT2D eigenvalue weighted by Gasteiger charge is -2.07. The highest BCUT2D eigenvalue weighted by Gasteiger charge is 2.11. The largest absolute Gasteiger partial charge is 0.464 e. The second kappa shape index (κ2) is 5.51. The Bertz CT molecular complexity index is 568. The van der Waals surface area contributed by atoms with Crippen LogP contribution in [0.2, 0.25) is 0 Å². The van der Waals surface area contributed by atoms with E-state index < -0.39 is 0 Å². The molecular formula is C11H16N6O2. The zero-order valence-corrected chi connectivity index (χ0v) is 11.3. The fourth-order valence-electron chi connectivity index (χ4n) is 1.47. The lowest BCUT2D eigenvalue weighted by Crippen LogP contribution is -2.06. The molecule has 1 N–H and O–H groups in total. The molecule has 0 saturated carbocycles. The van der Waals surface area contributed by atoms with Gasteiger partial charge in [-0.2, -0.15) is 15.1 Å². The van der Waals surface area contributed by atoms with Crippen LogP contribution in [0, 0.1) is 6.92 Å². The highest BCUT2D eigenvalue weighted by molar-refractivity contribution is 5.28. The van der Waals surface area contributed by atoms with Crippen molar-refractivity contribution in [1.29, 1.82) is 0 Å². The first-order valence-corrected chi connectivity index (χ1v) is 5.87. The average Bonchev–Trinajstić information content (AvgIpc) is 2.68. The minimum atomic E-state index is 0.158. The van der Waals surface area contributed by atoms with Crippen molar-refractivity contribution in [2.24, 2.45) is 7.05 Å². The van der Waals surface area contributed by atoms with Crippen LogP contribution in [0.15, 0.2) is 6.07 Å². The minimum absolute atomic E-state index is 0.158. The van der Waals surface area contributed by atoms with E-state index in [2.05, 4.69) is 25.4 Å². The van der Waals surface area contributed by atoms with Gasteiger partial charge in [-0.05, 0) is 13.8 Å². The number of hydrogen-bond acceptors (Lipinski definition) is 7. The van der Waals surface area contributed by atoms with Crippen LogP contribution >= 0.6 is 0 Å². The maximum atomic E-state index is 5.58. The predicted octanol–water partition coefficient (Wildman–Crippen LogP) is 1.15. The number of anilines is 1. The molecule has 8 heteroatoms. The summed E-state index contributed by atoms with van der Waals surface area (Å²) in [6, 6.07) is 2.17. The third-order valence-electron chi connectivity index (χ3n) is 2.25. The quantitative estimate of drug-likeness (QED) is 0.866. The SMILES string of the molecule is CCOc1nc(NC)nc(Oc2cc(C)nn2C)n1. The van der Waals surface area contributed by atoms with Gasteiger partial charge in [0.25, 0.3) is 0 Å². The molecule has 0 aliphatic heterocycles. The number of rotatable bonds is 5. The smallest absolute Gasteiger partial charge is 0.331 e. The van der Waals surface area contributed by atoms with Crippen LogP contribution in [-0.2, 0) is 7.05 Å². The Morgan fingerprint density at radius 1 is 1.26 bits per heavy atom. The predicted molar refractivity (Wildman–Crippen MR) is 68.6 cm³/mol. The molecule has 0 atom stereocenters. The standard InChI is InChI=1S/C11H16N6O2/c1-5-18-10-13-9(12-3)14-11(15-10)19-8-6-7(2)16-17(8)4/h6H,5H2,1-4H3,(H,12,13,14,15). The fourth-order valence-corrected chi connectivity index (χ4v) is 1.47. The van der Waals surface area contributed by atoms with Crippen LogP contribution < -0.4 is 14.8 Å². The van der Waals surface area contributed by atoms with Gasteiger partial charge in [-0.25, -0.2) is 4.68 Å². The van der Waals surface area contributed by atoms with Gasteiger partial charge < -0.3 is 14.8 Å². The molecule has 0 spiro atoms. The van der Waals surface area contributed by atoms with Gasteiger partial charge in [0, 0.05) is 20.2 Å². The van der Waals surface area contributed by atoms with E-state index in [0.717, 1.165) is 5.69 Å². The van der Waals surface area contributed by atoms with E-state index >= 15 is 0 Å². The molecular weight excluding hydrogens is 248 g/mol. The van der Waals surface area contributed by atoms with E-state index in [-0.39, 0.29) is 12.0 Å². The number of aromatic nitrogens is 5. The summed E-state index contributed by atoms with van der Waals surface area (Å²) in [5.41, 5.74) is 0.852. The molecule has 2 rings (SSSR count). The molecule has 0 bridgehead atoms. The lowest BCUT2D eigenvalue weighted by atomic mass is 10.5. The van der Waals surface area contributed by atoms with Crippen molar-refractivity contribution in [2.45, 2.75) is 13.8 Å². The molecule has 0 aliphatic rings. The van der Waals surface area contributed by atoms with Gasteiger partial charge in [0.1, 0.15) is 0 Å². The van der Waals surface area contributed by atoms with E-state index in [9.17, 15) is 0 Å². The zero-order chi connectivity index (χ0) is 13.8. The first-order chi connectivity index (χ1) is 9.12. The van der Waals surface area contributed by atoms with Crippen LogP contribution in [0.25, 0.3) is 0 Å². The normalized spacial score (nSPS) is 10.3. The van der Waals surface area contributed by atoms with Crippen LogP contribution in [0.1, 0.15) is 12.6 Å². The van der Waals surface area contributed by atoms with Crippen LogP contribution in [0.3, 0.4) is 0 Å². The Hall–Kier alpha value is -2.38. The number of aryl methyl sites for hydroxylation is 2. The van der Waals surface area contributed by atoms with E-state index in [0.29, 0.717) is 18.4 Å². The number of hydrogen-bond donors (Lipinski definition) is 1. The molecule has 2 aromatic heterocycles. The average molecular weight is 264 g/mol. The van der Waals surface area contributed by atoms with Gasteiger partial charge in [0.15, 0.2) is 0 Å². The van der Waals surface area contributed by atoms with Crippen molar-refractivity contribution in [2.75, 3.05) is 19.0 Å². The first-order valence-electron chi connectivity index (χ1n) is 5.87. The molecule has 0 fully saturated rings. The van der Waals surface area contributed by atoms with Crippen molar-refractivity contribution in [1.82, 2.24) is 24.7 Å². The molecule has 0 aliphatic carbocycles. The monoisotopic (exact) mass is 264 g/mol. The molecule has 0 saturated heterocycles. The lowest BCUT2D eigenvalue weighted by molar-refractivity contribution is 0.301. The summed E-state index contributed by atoms with van der Waals surface area (Å²) in [6.45, 7) is 4.20. The Labute approximate surface area is 110 Å². The van der Waals surface area contributed by atoms with Crippen molar-refractivity contribution in [3.8, 4) is 17.9 Å². The summed E-state index contributed by atoms with van der Waals surface area (Å²) in [5.74, 6) is 0.931. The van der Waals surface area contributed by atoms with Gasteiger partial charge >= 0.3 is 12.0 Å². The Morgan fingerprint density at radius 3 is 2.58 bits per heavy atom. The molecule has 0 aromatic carbocycles. The third kappa shape index (κ3) is 3.09. The summed E-state index contributed by atoms with van der Waals surface area (Å²) in [5, 5.41) is 7.01. The van der Waals surface area contributed by atoms with Gasteiger partial charge in [-0.1, -0.05) is 0 Å². The molecule has 0 radical (unpaired) electrons. The van der Waals surface area contributed by atoms with Gasteiger partial charge in [-0.15, -0.1) is 4.98 Å². The Kier molecular flexibility index (Phi) is 3.79. The minimum Gasteiger partial charge on any atom is -0.464 e. The molecule has 0 unspecified atom stereocenters. The molecule has 102 valence electrons. The molecule has 2 heterocycles. The number of nitrogens with one attached hydrogen (secondary N) is 1. The van der Waals surface area contributed by atoms with E-state index in [4.69, 9.17) is 9.47 Å². The van der Waals surface area contributed by atoms with Gasteiger partial charge in [-0.3, -0.25) is 0 Å². The maximum absolute atomic E-state index is 5.58. The molecule has 8 nitrogen and oxygen atoms in total. The number of nitrogens with zero attached hydrogens (tertiary/aromatic N) is 5. The summed E-state index contributed by atoms with van der Waals surface area (Å²) in [7, 11) is 3.50.